The van der Waals surface area contributed by atoms with E-state index in [1.807, 2.05) is 0 Å². The van der Waals surface area contributed by atoms with Crippen LogP contribution in [-0.2, 0) is 4.79 Å². The summed E-state index contributed by atoms with van der Waals surface area (Å²) in [6.07, 6.45) is 1.15. The van der Waals surface area contributed by atoms with Gasteiger partial charge < -0.3 is 0 Å². The Morgan fingerprint density at radius 3 is 2.18 bits per heavy atom. The van der Waals surface area contributed by atoms with E-state index in [1.165, 1.54) is 25.1 Å². The van der Waals surface area contributed by atoms with Crippen molar-refractivity contribution in [3.8, 4) is 0 Å². The topological polar surface area (TPSA) is 75.8 Å². The molecule has 0 spiro atoms. The van der Waals surface area contributed by atoms with E-state index >= 15 is 0 Å². The third-order valence-corrected chi connectivity index (χ3v) is 3.85. The first-order valence-corrected chi connectivity index (χ1v) is 7.51. The first-order chi connectivity index (χ1) is 13.1. The summed E-state index contributed by atoms with van der Waals surface area (Å²) in [5.74, 6) is -12.4. The Morgan fingerprint density at radius 2 is 1.61 bits per heavy atom. The fourth-order valence-corrected chi connectivity index (χ4v) is 2.51. The highest BCUT2D eigenvalue weighted by atomic mass is 19.2. The van der Waals surface area contributed by atoms with Gasteiger partial charge in [0.05, 0.1) is 16.2 Å². The summed E-state index contributed by atoms with van der Waals surface area (Å²) in [4.78, 5) is 22.6. The maximum Gasteiger partial charge on any atom is 0.280 e. The van der Waals surface area contributed by atoms with Gasteiger partial charge in [-0.05, 0) is 18.6 Å². The van der Waals surface area contributed by atoms with Gasteiger partial charge in [0.2, 0.25) is 5.82 Å². The maximum atomic E-state index is 14.0. The van der Waals surface area contributed by atoms with Crippen molar-refractivity contribution in [3.05, 3.63) is 74.6 Å². The highest BCUT2D eigenvalue weighted by molar-refractivity contribution is 6.32. The van der Waals surface area contributed by atoms with Gasteiger partial charge in [-0.3, -0.25) is 14.9 Å². The lowest BCUT2D eigenvalue weighted by Gasteiger charge is -2.15. The Hall–Kier alpha value is -3.63. The van der Waals surface area contributed by atoms with Gasteiger partial charge in [-0.15, -0.1) is 0 Å². The van der Waals surface area contributed by atoms with Crippen LogP contribution >= 0.6 is 0 Å². The molecular formula is C17H8F5N3O3. The number of nitro benzene ring substituents is 1. The monoisotopic (exact) mass is 397 g/mol. The van der Waals surface area contributed by atoms with E-state index in [-0.39, 0.29) is 27.5 Å². The van der Waals surface area contributed by atoms with Crippen molar-refractivity contribution in [2.45, 2.75) is 6.92 Å². The zero-order chi connectivity index (χ0) is 20.7. The van der Waals surface area contributed by atoms with E-state index in [2.05, 4.69) is 5.10 Å². The van der Waals surface area contributed by atoms with Crippen LogP contribution in [0, 0.1) is 39.2 Å². The van der Waals surface area contributed by atoms with Crippen LogP contribution in [0.5, 0.6) is 0 Å². The zero-order valence-corrected chi connectivity index (χ0v) is 13.8. The Balaban J connectivity index is 2.08. The van der Waals surface area contributed by atoms with Crippen LogP contribution in [0.1, 0.15) is 12.5 Å². The van der Waals surface area contributed by atoms with Gasteiger partial charge in [0.25, 0.3) is 11.6 Å². The minimum Gasteiger partial charge on any atom is -0.267 e. The standard InChI is InChI=1S/C17H8F5N3O3/c1-7-10(6-8-3-2-4-9(5-8)25(27)28)17(26)24(23-7)16-14(21)12(19)11(18)13(20)15(16)22/h2-6H,1H3/b10-6-. The van der Waals surface area contributed by atoms with E-state index < -0.39 is 45.6 Å². The van der Waals surface area contributed by atoms with Gasteiger partial charge in [0, 0.05) is 12.1 Å². The number of rotatable bonds is 3. The molecule has 0 N–H and O–H groups in total. The van der Waals surface area contributed by atoms with Crippen molar-refractivity contribution >= 4 is 29.1 Å². The molecule has 2 aromatic carbocycles. The maximum absolute atomic E-state index is 14.0. The molecule has 1 heterocycles. The molecule has 2 aromatic rings. The molecule has 0 atom stereocenters. The van der Waals surface area contributed by atoms with Crippen molar-refractivity contribution in [1.29, 1.82) is 0 Å². The molecule has 0 aromatic heterocycles. The highest BCUT2D eigenvalue weighted by Crippen LogP contribution is 2.34. The van der Waals surface area contributed by atoms with Crippen LogP contribution in [0.2, 0.25) is 0 Å². The third-order valence-electron chi connectivity index (χ3n) is 3.85. The number of amides is 1. The number of benzene rings is 2. The second-order valence-electron chi connectivity index (χ2n) is 5.63. The number of halogens is 5. The molecule has 144 valence electrons. The molecule has 0 saturated heterocycles. The molecule has 0 bridgehead atoms. The predicted octanol–water partition coefficient (Wildman–Crippen LogP) is 4.10. The van der Waals surface area contributed by atoms with E-state index in [0.717, 1.165) is 12.1 Å². The van der Waals surface area contributed by atoms with Gasteiger partial charge >= 0.3 is 0 Å². The molecule has 6 nitrogen and oxygen atoms in total. The molecule has 0 fully saturated rings. The van der Waals surface area contributed by atoms with Crippen LogP contribution in [0.4, 0.5) is 33.3 Å². The zero-order valence-electron chi connectivity index (χ0n) is 13.8. The summed E-state index contributed by atoms with van der Waals surface area (Å²) < 4.78 is 68.0. The first-order valence-electron chi connectivity index (χ1n) is 7.51. The van der Waals surface area contributed by atoms with Crippen molar-refractivity contribution in [1.82, 2.24) is 0 Å². The van der Waals surface area contributed by atoms with Crippen molar-refractivity contribution in [2.75, 3.05) is 5.01 Å². The number of carbonyl (C=O) groups is 1. The molecule has 28 heavy (non-hydrogen) atoms. The van der Waals surface area contributed by atoms with E-state index in [4.69, 9.17) is 0 Å². The fraction of sp³-hybridized carbons (Fsp3) is 0.0588. The quantitative estimate of drug-likeness (QED) is 0.195. The van der Waals surface area contributed by atoms with Gasteiger partial charge in [-0.1, -0.05) is 12.1 Å². The number of hydrogen-bond donors (Lipinski definition) is 0. The van der Waals surface area contributed by atoms with Crippen LogP contribution in [0.25, 0.3) is 6.08 Å². The summed E-state index contributed by atoms with van der Waals surface area (Å²) in [5.41, 5.74) is -1.90. The molecule has 1 aliphatic heterocycles. The van der Waals surface area contributed by atoms with E-state index in [0.29, 0.717) is 0 Å². The number of anilines is 1. The summed E-state index contributed by atoms with van der Waals surface area (Å²) in [7, 11) is 0. The molecule has 1 aliphatic rings. The normalized spacial score (nSPS) is 15.4. The van der Waals surface area contributed by atoms with Crippen molar-refractivity contribution in [2.24, 2.45) is 5.10 Å². The molecule has 11 heteroatoms. The first kappa shape index (κ1) is 19.1. The van der Waals surface area contributed by atoms with Crippen LogP contribution in [0.3, 0.4) is 0 Å². The van der Waals surface area contributed by atoms with Crippen molar-refractivity contribution < 1.29 is 31.7 Å². The summed E-state index contributed by atoms with van der Waals surface area (Å²) >= 11 is 0. The molecule has 0 aliphatic carbocycles. The number of hydrazone groups is 1. The lowest BCUT2D eigenvalue weighted by molar-refractivity contribution is -0.384. The third kappa shape index (κ3) is 3.00. The summed E-state index contributed by atoms with van der Waals surface area (Å²) in [6, 6.07) is 5.11. The largest absolute Gasteiger partial charge is 0.280 e. The lowest BCUT2D eigenvalue weighted by atomic mass is 10.1. The lowest BCUT2D eigenvalue weighted by Crippen LogP contribution is -2.25. The number of carbonyl (C=O) groups excluding carboxylic acids is 1. The van der Waals surface area contributed by atoms with Gasteiger partial charge in [-0.25, -0.2) is 22.0 Å². The number of non-ortho nitro benzene ring substituents is 1. The average molecular weight is 397 g/mol. The van der Waals surface area contributed by atoms with E-state index in [1.54, 1.807) is 0 Å². The molecule has 0 radical (unpaired) electrons. The summed E-state index contributed by atoms with van der Waals surface area (Å²) in [5, 5.41) is 14.5. The van der Waals surface area contributed by atoms with Crippen LogP contribution < -0.4 is 5.01 Å². The predicted molar refractivity (Wildman–Crippen MR) is 87.9 cm³/mol. The molecule has 1 amide bonds. The van der Waals surface area contributed by atoms with Gasteiger partial charge in [0.1, 0.15) is 5.69 Å². The summed E-state index contributed by atoms with van der Waals surface area (Å²) in [6.45, 7) is 1.27. The molecule has 0 saturated carbocycles. The number of nitro groups is 1. The Bertz CT molecular complexity index is 1070. The smallest absolute Gasteiger partial charge is 0.267 e. The van der Waals surface area contributed by atoms with Gasteiger partial charge in [0.15, 0.2) is 23.3 Å². The molecular weight excluding hydrogens is 389 g/mol. The van der Waals surface area contributed by atoms with Gasteiger partial charge in [-0.2, -0.15) is 10.1 Å². The molecule has 3 rings (SSSR count). The fourth-order valence-electron chi connectivity index (χ4n) is 2.51. The second kappa shape index (κ2) is 6.83. The second-order valence-corrected chi connectivity index (χ2v) is 5.63. The highest BCUT2D eigenvalue weighted by Gasteiger charge is 2.37. The Kier molecular flexibility index (Phi) is 4.67. The molecule has 0 unspecified atom stereocenters. The Labute approximate surface area is 153 Å². The van der Waals surface area contributed by atoms with Crippen LogP contribution in [0.15, 0.2) is 34.9 Å². The van der Waals surface area contributed by atoms with Crippen molar-refractivity contribution in [3.63, 3.8) is 0 Å². The number of nitrogens with zero attached hydrogens (tertiary/aromatic N) is 3. The van der Waals surface area contributed by atoms with E-state index in [9.17, 15) is 36.9 Å². The van der Waals surface area contributed by atoms with Crippen LogP contribution in [-0.4, -0.2) is 16.5 Å². The Morgan fingerprint density at radius 1 is 1.04 bits per heavy atom. The SMILES string of the molecule is CC1=NN(c2c(F)c(F)c(F)c(F)c2F)C(=O)/C1=C\c1cccc([N+](=O)[O-])c1. The number of hydrogen-bond acceptors (Lipinski definition) is 4. The average Bonchev–Trinajstić information content (AvgIpc) is 2.93. The minimum absolute atomic E-state index is 0.0643. The minimum atomic E-state index is -2.36.